The highest BCUT2D eigenvalue weighted by Gasteiger charge is 2.19. The molecule has 1 aromatic carbocycles. The number of hydrogen-bond donors (Lipinski definition) is 2. The lowest BCUT2D eigenvalue weighted by molar-refractivity contribution is 0.136. The van der Waals surface area contributed by atoms with E-state index in [9.17, 15) is 0 Å². The Balaban J connectivity index is 2.79. The van der Waals surface area contributed by atoms with Gasteiger partial charge in [0.1, 0.15) is 11.3 Å². The van der Waals surface area contributed by atoms with Crippen molar-refractivity contribution in [3.8, 4) is 5.75 Å². The van der Waals surface area contributed by atoms with Gasteiger partial charge in [-0.2, -0.15) is 0 Å². The zero-order valence-electron chi connectivity index (χ0n) is 10.6. The van der Waals surface area contributed by atoms with Crippen molar-refractivity contribution in [2.45, 2.75) is 18.9 Å². The second-order valence-corrected chi connectivity index (χ2v) is 4.72. The first-order valence-electron chi connectivity index (χ1n) is 5.62. The molecule has 0 bridgehead atoms. The van der Waals surface area contributed by atoms with Crippen LogP contribution < -0.4 is 4.74 Å². The van der Waals surface area contributed by atoms with Crippen molar-refractivity contribution in [1.82, 2.24) is 0 Å². The fraction of sp³-hybridized carbons (Fsp3) is 0.462. The maximum absolute atomic E-state index is 9.11. The molecule has 0 heterocycles. The Morgan fingerprint density at radius 1 is 1.39 bits per heavy atom. The first-order valence-corrected chi connectivity index (χ1v) is 6.00. The van der Waals surface area contributed by atoms with Crippen LogP contribution in [0.3, 0.4) is 0 Å². The molecule has 2 N–H and O–H groups in total. The topological polar surface area (TPSA) is 62.0 Å². The van der Waals surface area contributed by atoms with Gasteiger partial charge >= 0.3 is 0 Å². The highest BCUT2D eigenvalue weighted by atomic mass is 35.5. The summed E-state index contributed by atoms with van der Waals surface area (Å²) in [5.74, 6) is 0.737. The van der Waals surface area contributed by atoms with Gasteiger partial charge in [0.2, 0.25) is 0 Å². The summed E-state index contributed by atoms with van der Waals surface area (Å²) in [6.45, 7) is 1.28. The third kappa shape index (κ3) is 3.98. The Morgan fingerprint density at radius 3 is 2.61 bits per heavy atom. The molecule has 5 heteroatoms. The summed E-state index contributed by atoms with van der Waals surface area (Å²) >= 11 is 5.92. The molecule has 100 valence electrons. The van der Waals surface area contributed by atoms with E-state index in [0.717, 1.165) is 11.3 Å². The second-order valence-electron chi connectivity index (χ2n) is 4.29. The van der Waals surface area contributed by atoms with Crippen LogP contribution in [0.5, 0.6) is 5.75 Å². The molecule has 1 aromatic rings. The number of benzene rings is 1. The largest absolute Gasteiger partial charge is 0.496 e. The summed E-state index contributed by atoms with van der Waals surface area (Å²) in [4.78, 5) is 4.17. The molecular weight excluding hydrogens is 254 g/mol. The Labute approximate surface area is 112 Å². The molecule has 0 aliphatic carbocycles. The van der Waals surface area contributed by atoms with Crippen molar-refractivity contribution in [2.75, 3.05) is 20.3 Å². The van der Waals surface area contributed by atoms with Gasteiger partial charge in [-0.25, -0.2) is 0 Å². The van der Waals surface area contributed by atoms with Crippen molar-refractivity contribution < 1.29 is 14.9 Å². The lowest BCUT2D eigenvalue weighted by Gasteiger charge is -2.18. The average molecular weight is 272 g/mol. The number of nitrogens with zero attached hydrogens (tertiary/aromatic N) is 1. The fourth-order valence-corrected chi connectivity index (χ4v) is 1.60. The monoisotopic (exact) mass is 271 g/mol. The quantitative estimate of drug-likeness (QED) is 0.774. The van der Waals surface area contributed by atoms with Crippen molar-refractivity contribution in [3.63, 3.8) is 0 Å². The highest BCUT2D eigenvalue weighted by molar-refractivity contribution is 6.30. The number of methoxy groups -OCH3 is 1. The molecule has 0 aliphatic rings. The zero-order chi connectivity index (χ0) is 13.6. The standard InChI is InChI=1S/C13H18ClNO3/c1-13(8-16,9-17)15-6-5-10-7-11(14)3-4-12(10)18-2/h3-4,6-7,16-17H,5,8-9H2,1-2H3. The number of aliphatic hydroxyl groups is 2. The van der Waals surface area contributed by atoms with Crippen molar-refractivity contribution in [3.05, 3.63) is 28.8 Å². The van der Waals surface area contributed by atoms with Crippen LogP contribution in [0.15, 0.2) is 23.2 Å². The van der Waals surface area contributed by atoms with E-state index < -0.39 is 5.54 Å². The van der Waals surface area contributed by atoms with Crippen molar-refractivity contribution >= 4 is 17.8 Å². The summed E-state index contributed by atoms with van der Waals surface area (Å²) in [6, 6.07) is 5.36. The smallest absolute Gasteiger partial charge is 0.122 e. The van der Waals surface area contributed by atoms with E-state index in [4.69, 9.17) is 26.6 Å². The summed E-state index contributed by atoms with van der Waals surface area (Å²) in [7, 11) is 1.59. The number of hydrogen-bond acceptors (Lipinski definition) is 4. The molecule has 0 saturated heterocycles. The average Bonchev–Trinajstić information content (AvgIpc) is 2.39. The van der Waals surface area contributed by atoms with E-state index in [1.54, 1.807) is 32.4 Å². The summed E-state index contributed by atoms with van der Waals surface area (Å²) in [5.41, 5.74) is 0.0678. The lowest BCUT2D eigenvalue weighted by Crippen LogP contribution is -2.31. The van der Waals surface area contributed by atoms with Gasteiger partial charge in [0, 0.05) is 23.2 Å². The van der Waals surface area contributed by atoms with Gasteiger partial charge in [-0.15, -0.1) is 0 Å². The van der Waals surface area contributed by atoms with Crippen molar-refractivity contribution in [1.29, 1.82) is 0 Å². The highest BCUT2D eigenvalue weighted by Crippen LogP contribution is 2.22. The number of ether oxygens (including phenoxy) is 1. The van der Waals surface area contributed by atoms with Crippen LogP contribution in [-0.4, -0.2) is 42.3 Å². The van der Waals surface area contributed by atoms with Gasteiger partial charge in [-0.1, -0.05) is 11.6 Å². The van der Waals surface area contributed by atoms with Gasteiger partial charge in [-0.05, 0) is 25.1 Å². The second kappa shape index (κ2) is 6.73. The minimum Gasteiger partial charge on any atom is -0.496 e. The predicted octanol–water partition coefficient (Wildman–Crippen LogP) is 1.71. The predicted molar refractivity (Wildman–Crippen MR) is 72.8 cm³/mol. The van der Waals surface area contributed by atoms with Gasteiger partial charge in [0.25, 0.3) is 0 Å². The molecule has 0 aliphatic heterocycles. The zero-order valence-corrected chi connectivity index (χ0v) is 11.3. The van der Waals surface area contributed by atoms with Gasteiger partial charge in [-0.3, -0.25) is 4.99 Å². The first kappa shape index (κ1) is 15.0. The number of rotatable bonds is 6. The maximum atomic E-state index is 9.11. The van der Waals surface area contributed by atoms with Gasteiger partial charge < -0.3 is 14.9 Å². The number of aliphatic hydroxyl groups excluding tert-OH is 2. The van der Waals surface area contributed by atoms with E-state index >= 15 is 0 Å². The van der Waals surface area contributed by atoms with E-state index in [-0.39, 0.29) is 13.2 Å². The third-order valence-electron chi connectivity index (χ3n) is 2.64. The lowest BCUT2D eigenvalue weighted by atomic mass is 10.1. The molecule has 0 spiro atoms. The molecule has 0 unspecified atom stereocenters. The minimum atomic E-state index is -0.841. The molecule has 4 nitrogen and oxygen atoms in total. The molecule has 1 rings (SSSR count). The van der Waals surface area contributed by atoms with Crippen molar-refractivity contribution in [2.24, 2.45) is 4.99 Å². The molecule has 0 atom stereocenters. The number of halogens is 1. The summed E-state index contributed by atoms with van der Waals surface area (Å²) in [6.07, 6.45) is 2.18. The van der Waals surface area contributed by atoms with Crippen LogP contribution in [0, 0.1) is 0 Å². The molecule has 0 radical (unpaired) electrons. The Hall–Kier alpha value is -1.10. The Kier molecular flexibility index (Phi) is 5.59. The molecule has 0 aromatic heterocycles. The van der Waals surface area contributed by atoms with Crippen LogP contribution in [0.1, 0.15) is 12.5 Å². The number of aliphatic imine (C=N–C) groups is 1. The van der Waals surface area contributed by atoms with Gasteiger partial charge in [0.15, 0.2) is 0 Å². The van der Waals surface area contributed by atoms with Crippen LogP contribution >= 0.6 is 11.6 Å². The van der Waals surface area contributed by atoms with Gasteiger partial charge in [0.05, 0.1) is 20.3 Å². The molecule has 0 fully saturated rings. The van der Waals surface area contributed by atoms with E-state index in [1.165, 1.54) is 0 Å². The van der Waals surface area contributed by atoms with Crippen LogP contribution in [0.2, 0.25) is 5.02 Å². The van der Waals surface area contributed by atoms with Crippen LogP contribution in [-0.2, 0) is 6.42 Å². The van der Waals surface area contributed by atoms with E-state index in [2.05, 4.69) is 4.99 Å². The molecule has 18 heavy (non-hydrogen) atoms. The normalized spacial score (nSPS) is 12.1. The fourth-order valence-electron chi connectivity index (χ4n) is 1.40. The maximum Gasteiger partial charge on any atom is 0.122 e. The summed E-state index contributed by atoms with van der Waals surface area (Å²) in [5, 5.41) is 18.8. The summed E-state index contributed by atoms with van der Waals surface area (Å²) < 4.78 is 5.22. The first-order chi connectivity index (χ1) is 8.54. The molecule has 0 amide bonds. The molecule has 0 saturated carbocycles. The third-order valence-corrected chi connectivity index (χ3v) is 2.87. The minimum absolute atomic E-state index is 0.202. The SMILES string of the molecule is COc1ccc(Cl)cc1CC=NC(C)(CO)CO. The van der Waals surface area contributed by atoms with Crippen LogP contribution in [0.4, 0.5) is 0 Å². The van der Waals surface area contributed by atoms with E-state index in [0.29, 0.717) is 11.4 Å². The Bertz CT molecular complexity index is 417. The van der Waals surface area contributed by atoms with E-state index in [1.807, 2.05) is 6.07 Å². The molecular formula is C13H18ClNO3. The van der Waals surface area contributed by atoms with Crippen LogP contribution in [0.25, 0.3) is 0 Å². The Morgan fingerprint density at radius 2 is 2.06 bits per heavy atom.